The second-order valence-corrected chi connectivity index (χ2v) is 6.67. The summed E-state index contributed by atoms with van der Waals surface area (Å²) >= 11 is 0. The number of unbranched alkanes of at least 4 members (excludes halogenated alkanes) is 1. The van der Waals surface area contributed by atoms with E-state index in [9.17, 15) is 0 Å². The molecular weight excluding hydrogens is 210 g/mol. The third-order valence-electron chi connectivity index (χ3n) is 3.83. The first-order chi connectivity index (χ1) is 7.97. The van der Waals surface area contributed by atoms with Crippen molar-refractivity contribution in [2.45, 2.75) is 71.8 Å². The number of hydrogen-bond donors (Lipinski definition) is 1. The topological polar surface area (TPSA) is 21.3 Å². The maximum absolute atomic E-state index is 5.71. The van der Waals surface area contributed by atoms with Gasteiger partial charge >= 0.3 is 0 Å². The fourth-order valence-electron chi connectivity index (χ4n) is 2.28. The van der Waals surface area contributed by atoms with Gasteiger partial charge in [-0.15, -0.1) is 0 Å². The SMILES string of the molecule is CCCCOCCC1(CNC(C)(C)C)CCC1. The molecule has 0 bridgehead atoms. The van der Waals surface area contributed by atoms with Crippen LogP contribution >= 0.6 is 0 Å². The fraction of sp³-hybridized carbons (Fsp3) is 1.00. The predicted molar refractivity (Wildman–Crippen MR) is 74.4 cm³/mol. The van der Waals surface area contributed by atoms with Crippen LogP contribution in [0.1, 0.15) is 66.2 Å². The van der Waals surface area contributed by atoms with Gasteiger partial charge in [-0.05, 0) is 51.9 Å². The van der Waals surface area contributed by atoms with Gasteiger partial charge in [0.2, 0.25) is 0 Å². The van der Waals surface area contributed by atoms with Crippen molar-refractivity contribution >= 4 is 0 Å². The standard InChI is InChI=1S/C15H31NO/c1-5-6-11-17-12-10-15(8-7-9-15)13-16-14(2,3)4/h16H,5-13H2,1-4H3. The number of nitrogens with one attached hydrogen (secondary N) is 1. The van der Waals surface area contributed by atoms with Crippen LogP contribution in [0.3, 0.4) is 0 Å². The lowest BCUT2D eigenvalue weighted by molar-refractivity contribution is 0.0442. The molecule has 0 radical (unpaired) electrons. The first kappa shape index (κ1) is 15.0. The van der Waals surface area contributed by atoms with E-state index in [0.717, 1.165) is 19.8 Å². The third kappa shape index (κ3) is 5.87. The lowest BCUT2D eigenvalue weighted by Gasteiger charge is -2.44. The van der Waals surface area contributed by atoms with Crippen LogP contribution in [-0.2, 0) is 4.74 Å². The van der Waals surface area contributed by atoms with Crippen LogP contribution in [0.25, 0.3) is 0 Å². The maximum Gasteiger partial charge on any atom is 0.0471 e. The van der Waals surface area contributed by atoms with Gasteiger partial charge in [0.15, 0.2) is 0 Å². The fourth-order valence-corrected chi connectivity index (χ4v) is 2.28. The molecule has 102 valence electrons. The Labute approximate surface area is 108 Å². The van der Waals surface area contributed by atoms with E-state index in [4.69, 9.17) is 4.74 Å². The summed E-state index contributed by atoms with van der Waals surface area (Å²) in [6.07, 6.45) is 7.84. The zero-order valence-corrected chi connectivity index (χ0v) is 12.3. The normalized spacial score (nSPS) is 19.1. The summed E-state index contributed by atoms with van der Waals surface area (Å²) in [5, 5.41) is 3.66. The molecule has 1 saturated carbocycles. The highest BCUT2D eigenvalue weighted by Gasteiger charge is 2.36. The minimum atomic E-state index is 0.242. The van der Waals surface area contributed by atoms with Crippen LogP contribution in [0.5, 0.6) is 0 Å². The van der Waals surface area contributed by atoms with Crippen molar-refractivity contribution in [3.05, 3.63) is 0 Å². The van der Waals surface area contributed by atoms with Crippen LogP contribution in [0.2, 0.25) is 0 Å². The predicted octanol–water partition coefficient (Wildman–Crippen LogP) is 3.75. The minimum absolute atomic E-state index is 0.242. The van der Waals surface area contributed by atoms with Crippen molar-refractivity contribution in [3.63, 3.8) is 0 Å². The van der Waals surface area contributed by atoms with Crippen molar-refractivity contribution in [2.24, 2.45) is 5.41 Å². The zero-order chi connectivity index (χ0) is 12.8. The van der Waals surface area contributed by atoms with E-state index < -0.39 is 0 Å². The number of rotatable bonds is 8. The van der Waals surface area contributed by atoms with Crippen LogP contribution in [0.15, 0.2) is 0 Å². The van der Waals surface area contributed by atoms with Gasteiger partial charge in [-0.3, -0.25) is 0 Å². The molecule has 1 N–H and O–H groups in total. The third-order valence-corrected chi connectivity index (χ3v) is 3.83. The van der Waals surface area contributed by atoms with E-state index in [1.165, 1.54) is 38.5 Å². The van der Waals surface area contributed by atoms with E-state index in [1.54, 1.807) is 0 Å². The molecule has 0 aliphatic heterocycles. The van der Waals surface area contributed by atoms with Gasteiger partial charge in [0.05, 0.1) is 0 Å². The molecule has 1 aliphatic rings. The van der Waals surface area contributed by atoms with E-state index in [0.29, 0.717) is 5.41 Å². The lowest BCUT2D eigenvalue weighted by Crippen LogP contribution is -2.47. The molecule has 17 heavy (non-hydrogen) atoms. The number of hydrogen-bond acceptors (Lipinski definition) is 2. The molecule has 2 nitrogen and oxygen atoms in total. The lowest BCUT2D eigenvalue weighted by atomic mass is 9.66. The molecule has 0 aromatic rings. The second kappa shape index (κ2) is 6.75. The van der Waals surface area contributed by atoms with E-state index in [1.807, 2.05) is 0 Å². The highest BCUT2D eigenvalue weighted by molar-refractivity contribution is 4.91. The molecule has 0 heterocycles. The summed E-state index contributed by atoms with van der Waals surface area (Å²) in [6, 6.07) is 0. The van der Waals surface area contributed by atoms with Crippen molar-refractivity contribution in [1.82, 2.24) is 5.32 Å². The summed E-state index contributed by atoms with van der Waals surface area (Å²) in [4.78, 5) is 0. The summed E-state index contributed by atoms with van der Waals surface area (Å²) in [7, 11) is 0. The molecule has 0 atom stereocenters. The Morgan fingerprint density at radius 2 is 1.88 bits per heavy atom. The van der Waals surface area contributed by atoms with E-state index >= 15 is 0 Å². The van der Waals surface area contributed by atoms with Crippen molar-refractivity contribution in [3.8, 4) is 0 Å². The van der Waals surface area contributed by atoms with Gasteiger partial charge in [-0.2, -0.15) is 0 Å². The summed E-state index contributed by atoms with van der Waals surface area (Å²) in [6.45, 7) is 12.0. The highest BCUT2D eigenvalue weighted by atomic mass is 16.5. The Morgan fingerprint density at radius 3 is 2.35 bits per heavy atom. The average molecular weight is 241 g/mol. The average Bonchev–Trinajstić information content (AvgIpc) is 2.18. The van der Waals surface area contributed by atoms with Gasteiger partial charge in [-0.1, -0.05) is 19.8 Å². The summed E-state index contributed by atoms with van der Waals surface area (Å²) in [5.41, 5.74) is 0.783. The second-order valence-electron chi connectivity index (χ2n) is 6.67. The molecule has 1 aliphatic carbocycles. The van der Waals surface area contributed by atoms with Crippen molar-refractivity contribution < 1.29 is 4.74 Å². The Balaban J connectivity index is 2.17. The van der Waals surface area contributed by atoms with Gasteiger partial charge in [0.25, 0.3) is 0 Å². The largest absolute Gasteiger partial charge is 0.381 e. The Morgan fingerprint density at radius 1 is 1.18 bits per heavy atom. The smallest absolute Gasteiger partial charge is 0.0471 e. The Kier molecular flexibility index (Phi) is 5.94. The molecule has 0 aromatic carbocycles. The molecule has 0 aromatic heterocycles. The number of ether oxygens (including phenoxy) is 1. The van der Waals surface area contributed by atoms with Crippen LogP contribution < -0.4 is 5.32 Å². The first-order valence-electron chi connectivity index (χ1n) is 7.30. The maximum atomic E-state index is 5.71. The molecular formula is C15H31NO. The molecule has 1 rings (SSSR count). The molecule has 0 saturated heterocycles. The highest BCUT2D eigenvalue weighted by Crippen LogP contribution is 2.43. The van der Waals surface area contributed by atoms with E-state index in [2.05, 4.69) is 33.0 Å². The van der Waals surface area contributed by atoms with E-state index in [-0.39, 0.29) is 5.54 Å². The van der Waals surface area contributed by atoms with Crippen LogP contribution in [0, 0.1) is 5.41 Å². The molecule has 0 spiro atoms. The van der Waals surface area contributed by atoms with Gasteiger partial charge in [-0.25, -0.2) is 0 Å². The Hall–Kier alpha value is -0.0800. The monoisotopic (exact) mass is 241 g/mol. The zero-order valence-electron chi connectivity index (χ0n) is 12.3. The van der Waals surface area contributed by atoms with Crippen molar-refractivity contribution in [2.75, 3.05) is 19.8 Å². The molecule has 1 fully saturated rings. The molecule has 0 amide bonds. The first-order valence-corrected chi connectivity index (χ1v) is 7.30. The summed E-state index contributed by atoms with van der Waals surface area (Å²) in [5.74, 6) is 0. The molecule has 0 unspecified atom stereocenters. The van der Waals surface area contributed by atoms with Crippen LogP contribution in [0.4, 0.5) is 0 Å². The molecule has 2 heteroatoms. The van der Waals surface area contributed by atoms with Gasteiger partial charge < -0.3 is 10.1 Å². The Bertz CT molecular complexity index is 203. The van der Waals surface area contributed by atoms with Gasteiger partial charge in [0, 0.05) is 25.3 Å². The quantitative estimate of drug-likeness (QED) is 0.653. The minimum Gasteiger partial charge on any atom is -0.381 e. The van der Waals surface area contributed by atoms with Gasteiger partial charge in [0.1, 0.15) is 0 Å². The van der Waals surface area contributed by atoms with Crippen LogP contribution in [-0.4, -0.2) is 25.3 Å². The van der Waals surface area contributed by atoms with Crippen molar-refractivity contribution in [1.29, 1.82) is 0 Å². The summed E-state index contributed by atoms with van der Waals surface area (Å²) < 4.78 is 5.71.